The number of esters is 1. The summed E-state index contributed by atoms with van der Waals surface area (Å²) in [4.78, 5) is 50.1. The number of aromatic amines is 1. The molecular formula is C44H40F3N9O8S3. The Morgan fingerprint density at radius 2 is 1.66 bits per heavy atom. The van der Waals surface area contributed by atoms with E-state index < -0.39 is 41.0 Å². The molecule has 1 amide bonds. The van der Waals surface area contributed by atoms with Crippen LogP contribution in [0.15, 0.2) is 83.8 Å². The minimum atomic E-state index is -4.77. The third kappa shape index (κ3) is 9.10. The van der Waals surface area contributed by atoms with Gasteiger partial charge in [0.05, 0.1) is 17.6 Å². The Labute approximate surface area is 392 Å². The summed E-state index contributed by atoms with van der Waals surface area (Å²) < 4.78 is 59.4. The Balaban J connectivity index is 0.758. The Kier molecular flexibility index (Phi) is 12.6. The minimum absolute atomic E-state index is 0.00560. The number of hydrogen-bond acceptors (Lipinski definition) is 15. The number of H-pyrrole nitrogens is 1. The summed E-state index contributed by atoms with van der Waals surface area (Å²) in [6.45, 7) is 1.71. The molecule has 67 heavy (non-hydrogen) atoms. The minimum Gasteiger partial charge on any atom is -0.508 e. The maximum Gasteiger partial charge on any atom is 0.433 e. The SMILES string of the molecule is Nc1nc(C(F)(F)F)cc2c1[nH]c(=O)n2Cc1ccc(N(C(=O)OCCSSCCNC(=S)Nc2ccc3c(c2)C(=O)OC32c3ccc(O)cc3Oc3cc(O)ccc32)N2CCCCC2)nc1. The number of rotatable bonds is 12. The van der Waals surface area contributed by atoms with Crippen molar-refractivity contribution in [3.8, 4) is 23.0 Å². The second-order valence-corrected chi connectivity index (χ2v) is 18.7. The van der Waals surface area contributed by atoms with E-state index in [1.165, 1.54) is 46.3 Å². The Bertz CT molecular complexity index is 2910. The fourth-order valence-electron chi connectivity index (χ4n) is 8.23. The van der Waals surface area contributed by atoms with E-state index in [4.69, 9.17) is 32.2 Å². The molecule has 1 spiro atoms. The number of nitrogens with two attached hydrogens (primary N) is 1. The number of carbonyl (C=O) groups is 2. The standard InChI is InChI=1S/C44H40F3N9O8S3/c45-44(46,47)35-21-32-37(38(48)52-35)53-41(60)55(32)23-24-4-11-36(50-22-24)56(54-13-2-1-3-14-54)42(61)62-15-17-67-66-16-12-49-40(65)51-25-5-8-29-28(18-25)39(59)64-43(29)30-9-6-26(57)19-33(30)63-34-20-27(58)7-10-31(34)43/h4-11,18-22,57-58H,1-3,12-17,23H2,(H2,48,52)(H,53,60)(H2,49,51,65). The first kappa shape index (κ1) is 45.5. The molecule has 3 aliphatic heterocycles. The van der Waals surface area contributed by atoms with Gasteiger partial charge in [0.2, 0.25) is 0 Å². The summed E-state index contributed by atoms with van der Waals surface area (Å²) in [5.74, 6) is 0.913. The van der Waals surface area contributed by atoms with Gasteiger partial charge in [0, 0.05) is 71.8 Å². The van der Waals surface area contributed by atoms with Crippen molar-refractivity contribution in [3.63, 3.8) is 0 Å². The molecule has 7 N–H and O–H groups in total. The number of phenols is 2. The van der Waals surface area contributed by atoms with Crippen LogP contribution in [-0.4, -0.2) is 89.7 Å². The number of piperidine rings is 1. The summed E-state index contributed by atoms with van der Waals surface area (Å²) in [7, 11) is 3.07. The molecule has 6 aromatic rings. The number of pyridine rings is 2. The molecule has 0 bridgehead atoms. The highest BCUT2D eigenvalue weighted by Crippen LogP contribution is 2.57. The summed E-state index contributed by atoms with van der Waals surface area (Å²) in [6, 6.07) is 18.3. The molecule has 0 aliphatic carbocycles. The van der Waals surface area contributed by atoms with Crippen LogP contribution in [0.3, 0.4) is 0 Å². The fourth-order valence-corrected chi connectivity index (χ4v) is 10.2. The number of halogens is 3. The summed E-state index contributed by atoms with van der Waals surface area (Å²) in [5, 5.41) is 30.2. The number of hydrogen-bond donors (Lipinski definition) is 6. The van der Waals surface area contributed by atoms with Crippen LogP contribution in [0.25, 0.3) is 11.0 Å². The quantitative estimate of drug-likeness (QED) is 0.0303. The zero-order valence-electron chi connectivity index (χ0n) is 35.1. The molecule has 0 saturated carbocycles. The first-order chi connectivity index (χ1) is 32.2. The molecule has 3 aromatic carbocycles. The van der Waals surface area contributed by atoms with Crippen molar-refractivity contribution >= 4 is 79.3 Å². The van der Waals surface area contributed by atoms with Crippen molar-refractivity contribution in [2.75, 3.05) is 53.8 Å². The van der Waals surface area contributed by atoms with Gasteiger partial charge in [-0.3, -0.25) is 4.57 Å². The molecule has 9 rings (SSSR count). The lowest BCUT2D eigenvalue weighted by molar-refractivity contribution is -0.141. The zero-order chi connectivity index (χ0) is 47.0. The van der Waals surface area contributed by atoms with E-state index in [1.54, 1.807) is 53.3 Å². The molecule has 1 saturated heterocycles. The zero-order valence-corrected chi connectivity index (χ0v) is 37.5. The van der Waals surface area contributed by atoms with Crippen LogP contribution in [0, 0.1) is 0 Å². The average molecular weight is 976 g/mol. The number of amides is 1. The highest BCUT2D eigenvalue weighted by molar-refractivity contribution is 8.76. The van der Waals surface area contributed by atoms with Crippen LogP contribution in [0.1, 0.15) is 57.6 Å². The first-order valence-corrected chi connectivity index (χ1v) is 23.7. The van der Waals surface area contributed by atoms with Crippen LogP contribution < -0.4 is 31.8 Å². The van der Waals surface area contributed by atoms with Crippen molar-refractivity contribution in [3.05, 3.63) is 123 Å². The molecule has 6 heterocycles. The van der Waals surface area contributed by atoms with Crippen molar-refractivity contribution in [1.29, 1.82) is 0 Å². The molecule has 17 nitrogen and oxygen atoms in total. The van der Waals surface area contributed by atoms with Gasteiger partial charge in [-0.25, -0.2) is 29.4 Å². The Morgan fingerprint density at radius 1 is 0.955 bits per heavy atom. The highest BCUT2D eigenvalue weighted by atomic mass is 33.1. The number of nitrogens with one attached hydrogen (secondary N) is 3. The van der Waals surface area contributed by atoms with E-state index in [0.717, 1.165) is 29.9 Å². The number of alkyl halides is 3. The van der Waals surface area contributed by atoms with E-state index >= 15 is 0 Å². The normalized spacial score (nSPS) is 15.0. The van der Waals surface area contributed by atoms with E-state index in [2.05, 4.69) is 25.6 Å². The van der Waals surface area contributed by atoms with Crippen molar-refractivity contribution in [2.24, 2.45) is 0 Å². The van der Waals surface area contributed by atoms with E-state index in [9.17, 15) is 37.8 Å². The van der Waals surface area contributed by atoms with Gasteiger partial charge in [0.1, 0.15) is 46.6 Å². The topological polar surface area (TPSA) is 222 Å². The number of aromatic nitrogens is 4. The summed E-state index contributed by atoms with van der Waals surface area (Å²) in [5.41, 5.74) is 5.38. The second kappa shape index (κ2) is 18.5. The molecule has 23 heteroatoms. The number of carbonyl (C=O) groups excluding carboxylic acids is 2. The molecule has 3 aliphatic rings. The molecule has 0 unspecified atom stereocenters. The molecule has 3 aromatic heterocycles. The van der Waals surface area contributed by atoms with E-state index in [0.29, 0.717) is 69.8 Å². The third-order valence-corrected chi connectivity index (χ3v) is 13.8. The van der Waals surface area contributed by atoms with Crippen molar-refractivity contribution < 1.29 is 47.2 Å². The van der Waals surface area contributed by atoms with Gasteiger partial charge >= 0.3 is 23.9 Å². The van der Waals surface area contributed by atoms with E-state index in [1.807, 2.05) is 5.01 Å². The molecular weight excluding hydrogens is 936 g/mol. The second-order valence-electron chi connectivity index (χ2n) is 15.6. The average Bonchev–Trinajstić information content (AvgIpc) is 3.77. The fraction of sp³-hybridized carbons (Fsp3) is 0.273. The van der Waals surface area contributed by atoms with Crippen LogP contribution in [0.4, 0.5) is 35.3 Å². The molecule has 348 valence electrons. The lowest BCUT2D eigenvalue weighted by Crippen LogP contribution is -2.50. The largest absolute Gasteiger partial charge is 0.508 e. The van der Waals surface area contributed by atoms with Gasteiger partial charge in [-0.05, 0) is 79.2 Å². The molecule has 1 fully saturated rings. The van der Waals surface area contributed by atoms with Crippen LogP contribution in [-0.2, 0) is 27.8 Å². The molecule has 0 radical (unpaired) electrons. The number of imidazole rings is 1. The van der Waals surface area contributed by atoms with Gasteiger partial charge in [0.15, 0.2) is 16.5 Å². The number of nitrogens with zero attached hydrogens (tertiary/aromatic N) is 5. The lowest BCUT2D eigenvalue weighted by atomic mass is 9.77. The van der Waals surface area contributed by atoms with Gasteiger partial charge in [0.25, 0.3) is 0 Å². The first-order valence-electron chi connectivity index (χ1n) is 20.8. The number of ether oxygens (including phenoxy) is 3. The number of thiocarbonyl (C=S) groups is 1. The van der Waals surface area contributed by atoms with Gasteiger partial charge in [-0.15, -0.1) is 0 Å². The predicted molar refractivity (Wildman–Crippen MR) is 250 cm³/mol. The number of hydrazine groups is 1. The Hall–Kier alpha value is -6.69. The predicted octanol–water partition coefficient (Wildman–Crippen LogP) is 7.46. The monoisotopic (exact) mass is 975 g/mol. The van der Waals surface area contributed by atoms with Crippen molar-refractivity contribution in [2.45, 2.75) is 37.6 Å². The van der Waals surface area contributed by atoms with Crippen molar-refractivity contribution in [1.82, 2.24) is 29.8 Å². The number of fused-ring (bicyclic) bond motifs is 7. The summed E-state index contributed by atoms with van der Waals surface area (Å²) in [6.07, 6.45) is -1.18. The van der Waals surface area contributed by atoms with E-state index in [-0.39, 0.29) is 53.0 Å². The number of anilines is 3. The Morgan fingerprint density at radius 3 is 2.34 bits per heavy atom. The highest BCUT2D eigenvalue weighted by Gasteiger charge is 2.53. The molecule has 0 atom stereocenters. The number of aromatic hydroxyl groups is 2. The van der Waals surface area contributed by atoms with Crippen LogP contribution >= 0.6 is 33.8 Å². The van der Waals surface area contributed by atoms with Gasteiger partial charge in [-0.2, -0.15) is 18.2 Å². The van der Waals surface area contributed by atoms with Crippen LogP contribution in [0.2, 0.25) is 0 Å². The maximum absolute atomic E-state index is 13.5. The van der Waals surface area contributed by atoms with Gasteiger partial charge in [-0.1, -0.05) is 40.1 Å². The number of benzene rings is 3. The lowest BCUT2D eigenvalue weighted by Gasteiger charge is -2.36. The number of nitrogen functional groups attached to an aromatic ring is 1. The third-order valence-electron chi connectivity index (χ3n) is 11.2. The van der Waals surface area contributed by atoms with Gasteiger partial charge < -0.3 is 45.8 Å². The summed E-state index contributed by atoms with van der Waals surface area (Å²) >= 11 is 5.54. The number of phenolic OH excluding ortho intramolecular Hbond substituents is 2. The van der Waals surface area contributed by atoms with Crippen LogP contribution in [0.5, 0.6) is 23.0 Å². The smallest absolute Gasteiger partial charge is 0.433 e. The maximum atomic E-state index is 13.5.